The van der Waals surface area contributed by atoms with Gasteiger partial charge in [-0.15, -0.1) is 11.3 Å². The molecule has 4 aromatic rings. The summed E-state index contributed by atoms with van der Waals surface area (Å²) in [4.78, 5) is 25.6. The third-order valence-corrected chi connectivity index (χ3v) is 5.87. The molecular formula is C23H20N4O2S2. The van der Waals surface area contributed by atoms with Crippen molar-refractivity contribution in [3.8, 4) is 21.8 Å². The molecule has 0 saturated heterocycles. The van der Waals surface area contributed by atoms with Crippen LogP contribution in [0.15, 0.2) is 71.3 Å². The van der Waals surface area contributed by atoms with Gasteiger partial charge in [0.25, 0.3) is 0 Å². The second kappa shape index (κ2) is 9.72. The molecule has 156 valence electrons. The summed E-state index contributed by atoms with van der Waals surface area (Å²) >= 11 is 3.03. The van der Waals surface area contributed by atoms with Crippen molar-refractivity contribution in [1.29, 1.82) is 0 Å². The zero-order valence-corrected chi connectivity index (χ0v) is 18.7. The van der Waals surface area contributed by atoms with Crippen LogP contribution in [0.5, 0.6) is 0 Å². The van der Waals surface area contributed by atoms with E-state index in [4.69, 9.17) is 9.72 Å². The monoisotopic (exact) mass is 448 g/mol. The summed E-state index contributed by atoms with van der Waals surface area (Å²) < 4.78 is 5.12. The molecular weight excluding hydrogens is 428 g/mol. The maximum Gasteiger partial charge on any atom is 0.343 e. The molecule has 0 unspecified atom stereocenters. The number of carbonyl (C=O) groups is 1. The Morgan fingerprint density at radius 2 is 1.84 bits per heavy atom. The number of esters is 1. The second-order valence-corrected chi connectivity index (χ2v) is 8.08. The number of anilines is 2. The van der Waals surface area contributed by atoms with E-state index in [0.717, 1.165) is 27.5 Å². The molecule has 0 bridgehead atoms. The molecule has 4 rings (SSSR count). The maximum atomic E-state index is 12.3. The second-order valence-electron chi connectivity index (χ2n) is 6.45. The smallest absolute Gasteiger partial charge is 0.343 e. The Hall–Kier alpha value is -3.23. The van der Waals surface area contributed by atoms with Crippen molar-refractivity contribution >= 4 is 40.6 Å². The van der Waals surface area contributed by atoms with Crippen LogP contribution in [0.25, 0.3) is 21.8 Å². The van der Waals surface area contributed by atoms with Crippen LogP contribution in [-0.4, -0.2) is 33.8 Å². The molecule has 0 amide bonds. The van der Waals surface area contributed by atoms with Gasteiger partial charge in [-0.05, 0) is 25.3 Å². The van der Waals surface area contributed by atoms with E-state index < -0.39 is 5.97 Å². The lowest BCUT2D eigenvalue weighted by molar-refractivity contribution is 0.0526. The first-order valence-corrected chi connectivity index (χ1v) is 11.7. The summed E-state index contributed by atoms with van der Waals surface area (Å²) in [5.74, 6) is -0.0317. The number of thiazole rings is 1. The largest absolute Gasteiger partial charge is 0.462 e. The van der Waals surface area contributed by atoms with E-state index in [1.54, 1.807) is 18.3 Å². The van der Waals surface area contributed by atoms with E-state index in [0.29, 0.717) is 16.5 Å². The Morgan fingerprint density at radius 1 is 1.06 bits per heavy atom. The van der Waals surface area contributed by atoms with E-state index in [1.807, 2.05) is 48.7 Å². The van der Waals surface area contributed by atoms with Gasteiger partial charge in [0.1, 0.15) is 16.4 Å². The maximum absolute atomic E-state index is 12.3. The van der Waals surface area contributed by atoms with E-state index in [1.165, 1.54) is 18.0 Å². The highest BCUT2D eigenvalue weighted by Gasteiger charge is 2.16. The molecule has 0 aliphatic carbocycles. The summed E-state index contributed by atoms with van der Waals surface area (Å²) in [5.41, 5.74) is 4.16. The van der Waals surface area contributed by atoms with Gasteiger partial charge in [-0.1, -0.05) is 54.2 Å². The molecule has 0 radical (unpaired) electrons. The predicted octanol–water partition coefficient (Wildman–Crippen LogP) is 5.91. The van der Waals surface area contributed by atoms with E-state index in [2.05, 4.69) is 32.8 Å². The third-order valence-electron chi connectivity index (χ3n) is 4.41. The van der Waals surface area contributed by atoms with Gasteiger partial charge in [0.15, 0.2) is 5.16 Å². The van der Waals surface area contributed by atoms with Crippen LogP contribution in [0.3, 0.4) is 0 Å². The number of hydrogen-bond acceptors (Lipinski definition) is 8. The molecule has 31 heavy (non-hydrogen) atoms. The molecule has 2 aromatic heterocycles. The van der Waals surface area contributed by atoms with Gasteiger partial charge in [-0.2, -0.15) is 0 Å². The number of aromatic nitrogens is 3. The number of ether oxygens (including phenoxy) is 1. The average molecular weight is 449 g/mol. The zero-order chi connectivity index (χ0) is 21.6. The van der Waals surface area contributed by atoms with Crippen molar-refractivity contribution < 1.29 is 9.53 Å². The number of benzene rings is 2. The minimum absolute atomic E-state index is 0.288. The molecule has 8 heteroatoms. The van der Waals surface area contributed by atoms with Crippen LogP contribution in [-0.2, 0) is 4.74 Å². The lowest BCUT2D eigenvalue weighted by Gasteiger charge is -2.11. The van der Waals surface area contributed by atoms with Crippen LogP contribution in [0.2, 0.25) is 0 Å². The van der Waals surface area contributed by atoms with Gasteiger partial charge in [-0.3, -0.25) is 0 Å². The molecule has 0 aliphatic heterocycles. The standard InChI is InChI=1S/C23H20N4O2S2/c1-3-29-22(28)18-13-24-23(30-2)27-20(18)25-17-11-9-15(10-12-17)19-14-31-21(26-19)16-7-5-4-6-8-16/h4-14H,3H2,1-2H3,(H,24,25,27). The topological polar surface area (TPSA) is 77.0 Å². The molecule has 0 atom stereocenters. The number of rotatable bonds is 7. The van der Waals surface area contributed by atoms with Crippen molar-refractivity contribution in [1.82, 2.24) is 15.0 Å². The number of nitrogens with zero attached hydrogens (tertiary/aromatic N) is 3. The molecule has 0 aliphatic rings. The van der Waals surface area contributed by atoms with E-state index >= 15 is 0 Å². The van der Waals surface area contributed by atoms with Gasteiger partial charge in [-0.25, -0.2) is 19.7 Å². The Kier molecular flexibility index (Phi) is 6.59. The highest BCUT2D eigenvalue weighted by molar-refractivity contribution is 7.98. The first-order valence-electron chi connectivity index (χ1n) is 9.64. The SMILES string of the molecule is CCOC(=O)c1cnc(SC)nc1Nc1ccc(-c2csc(-c3ccccc3)n2)cc1. The number of thioether (sulfide) groups is 1. The summed E-state index contributed by atoms with van der Waals surface area (Å²) in [6.07, 6.45) is 3.38. The lowest BCUT2D eigenvalue weighted by atomic mass is 10.1. The number of hydrogen-bond donors (Lipinski definition) is 1. The third kappa shape index (κ3) is 4.92. The fourth-order valence-corrected chi connectivity index (χ4v) is 4.07. The van der Waals surface area contributed by atoms with E-state index in [9.17, 15) is 4.79 Å². The number of nitrogens with one attached hydrogen (secondary N) is 1. The summed E-state index contributed by atoms with van der Waals surface area (Å²) in [5, 5.41) is 6.83. The Morgan fingerprint density at radius 3 is 2.55 bits per heavy atom. The molecule has 6 nitrogen and oxygen atoms in total. The van der Waals surface area contributed by atoms with Gasteiger partial charge < -0.3 is 10.1 Å². The van der Waals surface area contributed by atoms with Crippen molar-refractivity contribution in [2.24, 2.45) is 0 Å². The van der Waals surface area contributed by atoms with Gasteiger partial charge in [0, 0.05) is 28.4 Å². The summed E-state index contributed by atoms with van der Waals surface area (Å²) in [7, 11) is 0. The Bertz CT molecular complexity index is 1180. The van der Waals surface area contributed by atoms with Gasteiger partial charge >= 0.3 is 5.97 Å². The van der Waals surface area contributed by atoms with Crippen molar-refractivity contribution in [3.63, 3.8) is 0 Å². The molecule has 2 aromatic carbocycles. The minimum Gasteiger partial charge on any atom is -0.462 e. The predicted molar refractivity (Wildman–Crippen MR) is 126 cm³/mol. The van der Waals surface area contributed by atoms with Crippen LogP contribution < -0.4 is 5.32 Å². The zero-order valence-electron chi connectivity index (χ0n) is 17.0. The molecule has 0 saturated carbocycles. The Balaban J connectivity index is 1.56. The van der Waals surface area contributed by atoms with Crippen LogP contribution in [0, 0.1) is 0 Å². The highest BCUT2D eigenvalue weighted by Crippen LogP contribution is 2.30. The average Bonchev–Trinajstić information content (AvgIpc) is 3.30. The van der Waals surface area contributed by atoms with Crippen molar-refractivity contribution in [2.75, 3.05) is 18.2 Å². The van der Waals surface area contributed by atoms with Gasteiger partial charge in [0.05, 0.1) is 12.3 Å². The summed E-state index contributed by atoms with van der Waals surface area (Å²) in [6.45, 7) is 2.05. The van der Waals surface area contributed by atoms with Crippen molar-refractivity contribution in [2.45, 2.75) is 12.1 Å². The normalized spacial score (nSPS) is 10.6. The minimum atomic E-state index is -0.454. The fraction of sp³-hybridized carbons (Fsp3) is 0.130. The first-order chi connectivity index (χ1) is 15.2. The molecule has 0 spiro atoms. The Labute approximate surface area is 188 Å². The fourth-order valence-electron chi connectivity index (χ4n) is 2.90. The van der Waals surface area contributed by atoms with Crippen LogP contribution in [0.4, 0.5) is 11.5 Å². The van der Waals surface area contributed by atoms with E-state index in [-0.39, 0.29) is 6.61 Å². The molecule has 1 N–H and O–H groups in total. The lowest BCUT2D eigenvalue weighted by Crippen LogP contribution is -2.10. The molecule has 0 fully saturated rings. The highest BCUT2D eigenvalue weighted by atomic mass is 32.2. The van der Waals surface area contributed by atoms with Crippen molar-refractivity contribution in [3.05, 3.63) is 71.7 Å². The first kappa shape index (κ1) is 21.0. The van der Waals surface area contributed by atoms with Crippen LogP contribution >= 0.6 is 23.1 Å². The van der Waals surface area contributed by atoms with Gasteiger partial charge in [0.2, 0.25) is 0 Å². The summed E-state index contributed by atoms with van der Waals surface area (Å²) in [6, 6.07) is 18.0. The molecule has 2 heterocycles. The number of carbonyl (C=O) groups excluding carboxylic acids is 1. The quantitative estimate of drug-likeness (QED) is 0.214. The van der Waals surface area contributed by atoms with Crippen LogP contribution in [0.1, 0.15) is 17.3 Å².